The molecule has 2 aromatic rings. The Labute approximate surface area is 137 Å². The smallest absolute Gasteiger partial charge is 0.261 e. The van der Waals surface area contributed by atoms with Crippen LogP contribution >= 0.6 is 0 Å². The summed E-state index contributed by atoms with van der Waals surface area (Å²) in [5.74, 6) is -0.974. The number of phenols is 1. The highest BCUT2D eigenvalue weighted by Crippen LogP contribution is 2.35. The van der Waals surface area contributed by atoms with Crippen molar-refractivity contribution in [2.24, 2.45) is 0 Å². The summed E-state index contributed by atoms with van der Waals surface area (Å²) in [5.41, 5.74) is 1.36. The van der Waals surface area contributed by atoms with Gasteiger partial charge in [0.2, 0.25) is 0 Å². The first kappa shape index (κ1) is 14.4. The molecule has 0 atom stereocenters. The summed E-state index contributed by atoms with van der Waals surface area (Å²) in [7, 11) is 0. The molecule has 0 spiro atoms. The third-order valence-electron chi connectivity index (χ3n) is 4.20. The van der Waals surface area contributed by atoms with Crippen LogP contribution in [0.2, 0.25) is 0 Å². The van der Waals surface area contributed by atoms with Crippen molar-refractivity contribution in [3.8, 4) is 5.75 Å². The summed E-state index contributed by atoms with van der Waals surface area (Å²) in [6, 6.07) is 10.7. The predicted molar refractivity (Wildman–Crippen MR) is 86.0 cm³/mol. The Morgan fingerprint density at radius 3 is 2.50 bits per heavy atom. The van der Waals surface area contributed by atoms with Crippen molar-refractivity contribution in [1.29, 1.82) is 0 Å². The van der Waals surface area contributed by atoms with Crippen LogP contribution in [-0.4, -0.2) is 33.8 Å². The predicted octanol–water partition coefficient (Wildman–Crippen LogP) is 2.40. The number of benzene rings is 2. The highest BCUT2D eigenvalue weighted by Gasteiger charge is 2.44. The lowest BCUT2D eigenvalue weighted by Gasteiger charge is -2.11. The van der Waals surface area contributed by atoms with Crippen molar-refractivity contribution in [2.75, 3.05) is 5.32 Å². The second-order valence-corrected chi connectivity index (χ2v) is 5.98. The van der Waals surface area contributed by atoms with Crippen molar-refractivity contribution in [2.45, 2.75) is 18.9 Å². The molecule has 0 saturated heterocycles. The first-order chi connectivity index (χ1) is 11.5. The third kappa shape index (κ3) is 2.32. The standard InChI is InChI=1S/C18H14N2O4/c21-13-3-1-2-11(9-13)19-16(22)10-4-7-14-15(8-10)18(24)20(17(14)23)12-5-6-12/h1-4,7-9,12,21H,5-6H2,(H,19,22). The molecule has 2 N–H and O–H groups in total. The number of anilines is 1. The van der Waals surface area contributed by atoms with Crippen LogP contribution in [0.25, 0.3) is 0 Å². The molecule has 2 aliphatic rings. The quantitative estimate of drug-likeness (QED) is 0.850. The van der Waals surface area contributed by atoms with E-state index in [2.05, 4.69) is 5.32 Å². The number of rotatable bonds is 3. The fraction of sp³-hybridized carbons (Fsp3) is 0.167. The lowest BCUT2D eigenvalue weighted by molar-refractivity contribution is 0.0642. The van der Waals surface area contributed by atoms with Crippen molar-refractivity contribution in [3.05, 3.63) is 59.2 Å². The molecule has 1 aliphatic carbocycles. The number of carbonyl (C=O) groups is 3. The number of hydrogen-bond donors (Lipinski definition) is 2. The molecule has 1 saturated carbocycles. The molecule has 1 heterocycles. The van der Waals surface area contributed by atoms with Crippen molar-refractivity contribution in [3.63, 3.8) is 0 Å². The SMILES string of the molecule is O=C(Nc1cccc(O)c1)c1ccc2c(c1)C(=O)N(C1CC1)C2=O. The van der Waals surface area contributed by atoms with E-state index in [1.54, 1.807) is 12.1 Å². The number of hydrogen-bond acceptors (Lipinski definition) is 4. The van der Waals surface area contributed by atoms with Crippen LogP contribution in [0, 0.1) is 0 Å². The van der Waals surface area contributed by atoms with E-state index in [0.717, 1.165) is 12.8 Å². The molecular weight excluding hydrogens is 308 g/mol. The lowest BCUT2D eigenvalue weighted by atomic mass is 10.1. The fourth-order valence-corrected chi connectivity index (χ4v) is 2.85. The summed E-state index contributed by atoms with van der Waals surface area (Å²) in [6.07, 6.45) is 1.69. The molecule has 1 fully saturated rings. The zero-order chi connectivity index (χ0) is 16.8. The van der Waals surface area contributed by atoms with Gasteiger partial charge < -0.3 is 10.4 Å². The van der Waals surface area contributed by atoms with Gasteiger partial charge in [-0.2, -0.15) is 0 Å². The maximum atomic E-state index is 12.4. The van der Waals surface area contributed by atoms with Gasteiger partial charge in [0.1, 0.15) is 5.75 Å². The first-order valence-electron chi connectivity index (χ1n) is 7.67. The van der Waals surface area contributed by atoms with Crippen LogP contribution < -0.4 is 5.32 Å². The van der Waals surface area contributed by atoms with Gasteiger partial charge in [0.15, 0.2) is 0 Å². The normalized spacial score (nSPS) is 16.2. The maximum Gasteiger partial charge on any atom is 0.261 e. The van der Waals surface area contributed by atoms with E-state index < -0.39 is 5.91 Å². The summed E-state index contributed by atoms with van der Waals surface area (Å²) >= 11 is 0. The van der Waals surface area contributed by atoms with Gasteiger partial charge in [0, 0.05) is 23.4 Å². The Kier molecular flexibility index (Phi) is 3.13. The topological polar surface area (TPSA) is 86.7 Å². The van der Waals surface area contributed by atoms with E-state index in [4.69, 9.17) is 0 Å². The van der Waals surface area contributed by atoms with Crippen molar-refractivity contribution < 1.29 is 19.5 Å². The van der Waals surface area contributed by atoms with Crippen molar-refractivity contribution >= 4 is 23.4 Å². The van der Waals surface area contributed by atoms with Crippen molar-refractivity contribution in [1.82, 2.24) is 4.90 Å². The Hall–Kier alpha value is -3.15. The highest BCUT2D eigenvalue weighted by atomic mass is 16.3. The molecule has 1 aliphatic heterocycles. The Morgan fingerprint density at radius 1 is 1.04 bits per heavy atom. The molecule has 120 valence electrons. The number of fused-ring (bicyclic) bond motifs is 1. The molecular formula is C18H14N2O4. The highest BCUT2D eigenvalue weighted by molar-refractivity contribution is 6.22. The molecule has 0 unspecified atom stereocenters. The zero-order valence-corrected chi connectivity index (χ0v) is 12.7. The Balaban J connectivity index is 1.61. The number of amides is 3. The summed E-state index contributed by atoms with van der Waals surface area (Å²) in [4.78, 5) is 38.3. The molecule has 6 nitrogen and oxygen atoms in total. The van der Waals surface area contributed by atoms with Gasteiger partial charge in [0.25, 0.3) is 17.7 Å². The van der Waals surface area contributed by atoms with E-state index >= 15 is 0 Å². The molecule has 4 rings (SSSR count). The van der Waals surface area contributed by atoms with Crippen LogP contribution in [0.15, 0.2) is 42.5 Å². The molecule has 2 aromatic carbocycles. The lowest BCUT2D eigenvalue weighted by Crippen LogP contribution is -2.31. The summed E-state index contributed by atoms with van der Waals surface area (Å²) in [5, 5.41) is 12.1. The van der Waals surface area contributed by atoms with E-state index in [-0.39, 0.29) is 34.7 Å². The van der Waals surface area contributed by atoms with E-state index in [0.29, 0.717) is 11.3 Å². The largest absolute Gasteiger partial charge is 0.508 e. The van der Waals surface area contributed by atoms with Crippen LogP contribution in [-0.2, 0) is 0 Å². The van der Waals surface area contributed by atoms with Gasteiger partial charge in [0.05, 0.1) is 11.1 Å². The average Bonchev–Trinajstić information content (AvgIpc) is 3.35. The first-order valence-corrected chi connectivity index (χ1v) is 7.67. The molecule has 0 aromatic heterocycles. The number of nitrogens with one attached hydrogen (secondary N) is 1. The van der Waals surface area contributed by atoms with E-state index in [1.165, 1.54) is 35.2 Å². The van der Waals surface area contributed by atoms with Gasteiger partial charge in [-0.15, -0.1) is 0 Å². The number of imide groups is 1. The minimum Gasteiger partial charge on any atom is -0.508 e. The van der Waals surface area contributed by atoms with Crippen LogP contribution in [0.4, 0.5) is 5.69 Å². The van der Waals surface area contributed by atoms with Crippen LogP contribution in [0.3, 0.4) is 0 Å². The second kappa shape index (κ2) is 5.19. The fourth-order valence-electron chi connectivity index (χ4n) is 2.85. The van der Waals surface area contributed by atoms with Crippen LogP contribution in [0.5, 0.6) is 5.75 Å². The maximum absolute atomic E-state index is 12.4. The molecule has 24 heavy (non-hydrogen) atoms. The number of nitrogens with zero attached hydrogens (tertiary/aromatic N) is 1. The minimum absolute atomic E-state index is 0.00182. The second-order valence-electron chi connectivity index (χ2n) is 5.98. The van der Waals surface area contributed by atoms with Crippen LogP contribution in [0.1, 0.15) is 43.9 Å². The summed E-state index contributed by atoms with van der Waals surface area (Å²) < 4.78 is 0. The van der Waals surface area contributed by atoms with Gasteiger partial charge in [-0.1, -0.05) is 6.07 Å². The Morgan fingerprint density at radius 2 is 1.79 bits per heavy atom. The summed E-state index contributed by atoms with van der Waals surface area (Å²) in [6.45, 7) is 0. The monoisotopic (exact) mass is 322 g/mol. The molecule has 0 radical (unpaired) electrons. The molecule has 3 amide bonds. The van der Waals surface area contributed by atoms with Gasteiger partial charge in [-0.25, -0.2) is 0 Å². The van der Waals surface area contributed by atoms with Gasteiger partial charge >= 0.3 is 0 Å². The zero-order valence-electron chi connectivity index (χ0n) is 12.7. The van der Waals surface area contributed by atoms with Gasteiger partial charge in [-0.05, 0) is 43.2 Å². The molecule has 6 heteroatoms. The number of carbonyl (C=O) groups excluding carboxylic acids is 3. The third-order valence-corrected chi connectivity index (χ3v) is 4.20. The van der Waals surface area contributed by atoms with E-state index in [9.17, 15) is 19.5 Å². The van der Waals surface area contributed by atoms with E-state index in [1.807, 2.05) is 0 Å². The molecule has 0 bridgehead atoms. The number of aromatic hydroxyl groups is 1. The van der Waals surface area contributed by atoms with Gasteiger partial charge in [-0.3, -0.25) is 19.3 Å². The Bertz CT molecular complexity index is 886. The average molecular weight is 322 g/mol. The minimum atomic E-state index is -0.409. The number of phenolic OH excluding ortho intramolecular Hbond substituents is 1.